The molecule has 0 N–H and O–H groups in total. The summed E-state index contributed by atoms with van der Waals surface area (Å²) in [5.74, 6) is 1.01. The monoisotopic (exact) mass is 289 g/mol. The van der Waals surface area contributed by atoms with Gasteiger partial charge in [-0.25, -0.2) is 4.57 Å². The Hall–Kier alpha value is -1.73. The summed E-state index contributed by atoms with van der Waals surface area (Å²) in [7, 11) is -3.46. The van der Waals surface area contributed by atoms with Gasteiger partial charge in [0.15, 0.2) is 0 Å². The van der Waals surface area contributed by atoms with Gasteiger partial charge in [0, 0.05) is 0 Å². The van der Waals surface area contributed by atoms with Crippen LogP contribution in [0.4, 0.5) is 0 Å². The lowest BCUT2D eigenvalue weighted by Gasteiger charge is -2.29. The predicted octanol–water partition coefficient (Wildman–Crippen LogP) is 4.95. The molecule has 0 atom stereocenters. The SMILES string of the molecule is [CH2]C(C)(C)P(=O)(Oc1ccccc1)Oc1ccccc1. The second-order valence-corrected chi connectivity index (χ2v) is 7.69. The van der Waals surface area contributed by atoms with Crippen LogP contribution >= 0.6 is 7.60 Å². The van der Waals surface area contributed by atoms with Crippen LogP contribution in [-0.4, -0.2) is 5.16 Å². The van der Waals surface area contributed by atoms with Crippen LogP contribution in [-0.2, 0) is 4.57 Å². The molecule has 0 spiro atoms. The summed E-state index contributed by atoms with van der Waals surface area (Å²) in [6.07, 6.45) is 0. The van der Waals surface area contributed by atoms with Crippen molar-refractivity contribution in [1.29, 1.82) is 0 Å². The molecule has 2 rings (SSSR count). The van der Waals surface area contributed by atoms with E-state index in [-0.39, 0.29) is 0 Å². The van der Waals surface area contributed by atoms with E-state index in [4.69, 9.17) is 9.05 Å². The third-order valence-electron chi connectivity index (χ3n) is 2.68. The Morgan fingerprint density at radius 2 is 1.20 bits per heavy atom. The minimum absolute atomic E-state index is 0.503. The van der Waals surface area contributed by atoms with Gasteiger partial charge in [0.2, 0.25) is 0 Å². The largest absolute Gasteiger partial charge is 0.436 e. The van der Waals surface area contributed by atoms with E-state index < -0.39 is 12.8 Å². The molecule has 105 valence electrons. The van der Waals surface area contributed by atoms with E-state index in [0.29, 0.717) is 11.5 Å². The first kappa shape index (κ1) is 14.7. The van der Waals surface area contributed by atoms with Crippen molar-refractivity contribution in [3.8, 4) is 11.5 Å². The van der Waals surface area contributed by atoms with Gasteiger partial charge in [-0.2, -0.15) is 0 Å². The van der Waals surface area contributed by atoms with Crippen LogP contribution in [0, 0.1) is 6.92 Å². The minimum atomic E-state index is -3.46. The zero-order valence-electron chi connectivity index (χ0n) is 11.7. The maximum Gasteiger partial charge on any atom is 0.436 e. The summed E-state index contributed by atoms with van der Waals surface area (Å²) in [5.41, 5.74) is 0. The molecule has 0 amide bonds. The van der Waals surface area contributed by atoms with Crippen LogP contribution in [0.3, 0.4) is 0 Å². The molecule has 3 nitrogen and oxygen atoms in total. The number of hydrogen-bond donors (Lipinski definition) is 0. The number of benzene rings is 2. The predicted molar refractivity (Wildman–Crippen MR) is 81.2 cm³/mol. The van der Waals surface area contributed by atoms with Crippen LogP contribution in [0.1, 0.15) is 13.8 Å². The van der Waals surface area contributed by atoms with E-state index in [0.717, 1.165) is 0 Å². The summed E-state index contributed by atoms with van der Waals surface area (Å²) < 4.78 is 24.3. The van der Waals surface area contributed by atoms with E-state index in [9.17, 15) is 4.57 Å². The van der Waals surface area contributed by atoms with Crippen molar-refractivity contribution in [2.24, 2.45) is 0 Å². The Labute approximate surface area is 120 Å². The average molecular weight is 289 g/mol. The Bertz CT molecular complexity index is 543. The molecule has 1 radical (unpaired) electrons. The minimum Gasteiger partial charge on any atom is -0.416 e. The van der Waals surface area contributed by atoms with Crippen LogP contribution < -0.4 is 9.05 Å². The topological polar surface area (TPSA) is 35.5 Å². The molecular formula is C16H18O3P. The van der Waals surface area contributed by atoms with Crippen LogP contribution in [0.15, 0.2) is 60.7 Å². The molecule has 20 heavy (non-hydrogen) atoms. The zero-order chi connectivity index (χ0) is 14.6. The van der Waals surface area contributed by atoms with E-state index in [1.807, 2.05) is 36.4 Å². The van der Waals surface area contributed by atoms with Gasteiger partial charge >= 0.3 is 7.60 Å². The average Bonchev–Trinajstić information content (AvgIpc) is 2.39. The molecule has 2 aromatic rings. The van der Waals surface area contributed by atoms with Gasteiger partial charge in [0.1, 0.15) is 11.5 Å². The van der Waals surface area contributed by atoms with Crippen molar-refractivity contribution in [2.45, 2.75) is 19.0 Å². The number of hydrogen-bond acceptors (Lipinski definition) is 3. The fourth-order valence-electron chi connectivity index (χ4n) is 1.51. The normalized spacial score (nSPS) is 11.9. The second-order valence-electron chi connectivity index (χ2n) is 5.12. The molecule has 4 heteroatoms. The quantitative estimate of drug-likeness (QED) is 0.730. The lowest BCUT2D eigenvalue weighted by Crippen LogP contribution is -2.22. The standard InChI is InChI=1S/C16H18O3P/c1-16(2,3)20(17,18-14-10-6-4-7-11-14)19-15-12-8-5-9-13-15/h4-13H,1H2,2-3H3. The highest BCUT2D eigenvalue weighted by molar-refractivity contribution is 7.56. The summed E-state index contributed by atoms with van der Waals surface area (Å²) in [6.45, 7) is 7.39. The first-order valence-corrected chi connectivity index (χ1v) is 7.90. The fraction of sp³-hybridized carbons (Fsp3) is 0.188. The molecule has 0 saturated carbocycles. The Kier molecular flexibility index (Phi) is 4.20. The van der Waals surface area contributed by atoms with Crippen LogP contribution in [0.25, 0.3) is 0 Å². The highest BCUT2D eigenvalue weighted by Gasteiger charge is 2.43. The van der Waals surface area contributed by atoms with Gasteiger partial charge < -0.3 is 9.05 Å². The summed E-state index contributed by atoms with van der Waals surface area (Å²) in [4.78, 5) is 0. The lowest BCUT2D eigenvalue weighted by molar-refractivity contribution is 0.363. The van der Waals surface area contributed by atoms with Crippen molar-refractivity contribution in [1.82, 2.24) is 0 Å². The van der Waals surface area contributed by atoms with Crippen molar-refractivity contribution >= 4 is 7.60 Å². The van der Waals surface area contributed by atoms with Crippen molar-refractivity contribution in [3.05, 3.63) is 67.6 Å². The van der Waals surface area contributed by atoms with Gasteiger partial charge in [0.05, 0.1) is 5.16 Å². The van der Waals surface area contributed by atoms with Gasteiger partial charge in [0.25, 0.3) is 0 Å². The molecule has 0 heterocycles. The van der Waals surface area contributed by atoms with E-state index in [1.54, 1.807) is 38.1 Å². The first-order chi connectivity index (χ1) is 9.41. The maximum absolute atomic E-state index is 13.1. The summed E-state index contributed by atoms with van der Waals surface area (Å²) >= 11 is 0. The van der Waals surface area contributed by atoms with Crippen molar-refractivity contribution in [3.63, 3.8) is 0 Å². The maximum atomic E-state index is 13.1. The number of rotatable bonds is 5. The van der Waals surface area contributed by atoms with Crippen LogP contribution in [0.2, 0.25) is 0 Å². The zero-order valence-corrected chi connectivity index (χ0v) is 12.5. The van der Waals surface area contributed by atoms with Crippen LogP contribution in [0.5, 0.6) is 11.5 Å². The van der Waals surface area contributed by atoms with Crippen molar-refractivity contribution in [2.75, 3.05) is 0 Å². The highest BCUT2D eigenvalue weighted by Crippen LogP contribution is 2.58. The molecular weight excluding hydrogens is 271 g/mol. The molecule has 0 aromatic heterocycles. The Morgan fingerprint density at radius 3 is 1.50 bits per heavy atom. The van der Waals surface area contributed by atoms with Gasteiger partial charge in [-0.05, 0) is 45.0 Å². The first-order valence-electron chi connectivity index (χ1n) is 6.35. The molecule has 0 fully saturated rings. The van der Waals surface area contributed by atoms with Gasteiger partial charge in [-0.15, -0.1) is 0 Å². The van der Waals surface area contributed by atoms with Gasteiger partial charge in [-0.3, -0.25) is 0 Å². The van der Waals surface area contributed by atoms with Crippen molar-refractivity contribution < 1.29 is 13.6 Å². The second kappa shape index (κ2) is 5.72. The Balaban J connectivity index is 2.30. The highest BCUT2D eigenvalue weighted by atomic mass is 31.2. The molecule has 0 aliphatic rings. The summed E-state index contributed by atoms with van der Waals surface area (Å²) in [5, 5.41) is -0.876. The molecule has 0 unspecified atom stereocenters. The summed E-state index contributed by atoms with van der Waals surface area (Å²) in [6, 6.07) is 18.0. The van der Waals surface area contributed by atoms with Gasteiger partial charge in [-0.1, -0.05) is 36.4 Å². The third-order valence-corrected chi connectivity index (χ3v) is 5.06. The molecule has 0 aliphatic heterocycles. The van der Waals surface area contributed by atoms with E-state index in [2.05, 4.69) is 6.92 Å². The van der Waals surface area contributed by atoms with E-state index >= 15 is 0 Å². The molecule has 0 aliphatic carbocycles. The number of para-hydroxylation sites is 2. The third kappa shape index (κ3) is 3.43. The van der Waals surface area contributed by atoms with E-state index in [1.165, 1.54) is 0 Å². The molecule has 0 bridgehead atoms. The fourth-order valence-corrected chi connectivity index (χ4v) is 2.84. The molecule has 0 saturated heterocycles. The Morgan fingerprint density at radius 1 is 0.850 bits per heavy atom. The molecule has 2 aromatic carbocycles. The smallest absolute Gasteiger partial charge is 0.416 e. The lowest BCUT2D eigenvalue weighted by atomic mass is 10.3.